The molecule has 2 amide bonds. The molecule has 108 valence electrons. The molecule has 6 nitrogen and oxygen atoms in total. The molecule has 6 heteroatoms. The average molecular weight is 269 g/mol. The maximum atomic E-state index is 12.1. The Balaban J connectivity index is 4.87. The number of nitriles is 1. The second kappa shape index (κ2) is 6.98. The van der Waals surface area contributed by atoms with Crippen LogP contribution in [-0.2, 0) is 4.79 Å². The molecule has 0 spiro atoms. The molecule has 0 aliphatic carbocycles. The van der Waals surface area contributed by atoms with E-state index in [0.29, 0.717) is 0 Å². The zero-order valence-corrected chi connectivity index (χ0v) is 12.2. The number of hydrogen-bond acceptors (Lipinski definition) is 3. The van der Waals surface area contributed by atoms with E-state index in [4.69, 9.17) is 10.4 Å². The summed E-state index contributed by atoms with van der Waals surface area (Å²) in [7, 11) is 0. The number of rotatable bonds is 5. The zero-order chi connectivity index (χ0) is 15.2. The Morgan fingerprint density at radius 2 is 1.89 bits per heavy atom. The number of hydrogen-bond donors (Lipinski definition) is 2. The van der Waals surface area contributed by atoms with Gasteiger partial charge in [0.25, 0.3) is 0 Å². The molecule has 0 bridgehead atoms. The molecule has 0 unspecified atom stereocenters. The lowest BCUT2D eigenvalue weighted by molar-refractivity contribution is -0.142. The third kappa shape index (κ3) is 5.60. The first-order valence-corrected chi connectivity index (χ1v) is 6.28. The largest absolute Gasteiger partial charge is 0.480 e. The van der Waals surface area contributed by atoms with Crippen LogP contribution in [0.3, 0.4) is 0 Å². The van der Waals surface area contributed by atoms with Crippen LogP contribution in [0.1, 0.15) is 41.0 Å². The molecule has 0 aromatic rings. The summed E-state index contributed by atoms with van der Waals surface area (Å²) in [4.78, 5) is 24.8. The van der Waals surface area contributed by atoms with E-state index in [0.717, 1.165) is 0 Å². The van der Waals surface area contributed by atoms with Gasteiger partial charge in [-0.05, 0) is 19.3 Å². The summed E-state index contributed by atoms with van der Waals surface area (Å²) in [6.07, 6.45) is 0.221. The second-order valence-corrected chi connectivity index (χ2v) is 5.78. The maximum absolute atomic E-state index is 12.1. The molecule has 0 aliphatic heterocycles. The number of carboxylic acid groups (broad SMARTS) is 1. The predicted molar refractivity (Wildman–Crippen MR) is 71.5 cm³/mol. The van der Waals surface area contributed by atoms with Crippen LogP contribution in [0.4, 0.5) is 4.79 Å². The van der Waals surface area contributed by atoms with Gasteiger partial charge in [0.15, 0.2) is 0 Å². The summed E-state index contributed by atoms with van der Waals surface area (Å²) in [5.41, 5.74) is -0.584. The van der Waals surface area contributed by atoms with Crippen molar-refractivity contribution in [2.75, 3.05) is 6.54 Å². The minimum atomic E-state index is -1.06. The smallest absolute Gasteiger partial charge is 0.326 e. The summed E-state index contributed by atoms with van der Waals surface area (Å²) >= 11 is 0. The topological polar surface area (TPSA) is 93.4 Å². The molecule has 0 radical (unpaired) electrons. The minimum absolute atomic E-state index is 0.0947. The highest BCUT2D eigenvalue weighted by Gasteiger charge is 2.34. The van der Waals surface area contributed by atoms with Crippen LogP contribution in [0.15, 0.2) is 0 Å². The van der Waals surface area contributed by atoms with E-state index in [1.165, 1.54) is 4.90 Å². The van der Waals surface area contributed by atoms with Gasteiger partial charge in [-0.1, -0.05) is 20.8 Å². The van der Waals surface area contributed by atoms with E-state index in [1.807, 2.05) is 19.9 Å². The van der Waals surface area contributed by atoms with Gasteiger partial charge >= 0.3 is 12.0 Å². The lowest BCUT2D eigenvalue weighted by atomic mass is 9.87. The number of carbonyl (C=O) groups is 2. The van der Waals surface area contributed by atoms with E-state index in [-0.39, 0.29) is 19.0 Å². The minimum Gasteiger partial charge on any atom is -0.480 e. The van der Waals surface area contributed by atoms with E-state index in [1.54, 1.807) is 20.8 Å². The summed E-state index contributed by atoms with van der Waals surface area (Å²) in [6.45, 7) is 9.19. The van der Waals surface area contributed by atoms with Crippen molar-refractivity contribution in [2.45, 2.75) is 53.1 Å². The lowest BCUT2D eigenvalue weighted by Gasteiger charge is -2.32. The van der Waals surface area contributed by atoms with Gasteiger partial charge < -0.3 is 15.3 Å². The van der Waals surface area contributed by atoms with Crippen molar-refractivity contribution >= 4 is 12.0 Å². The van der Waals surface area contributed by atoms with E-state index in [2.05, 4.69) is 5.32 Å². The van der Waals surface area contributed by atoms with E-state index >= 15 is 0 Å². The van der Waals surface area contributed by atoms with Crippen LogP contribution in [-0.4, -0.2) is 40.6 Å². The molecule has 0 aromatic heterocycles. The summed E-state index contributed by atoms with van der Waals surface area (Å²) < 4.78 is 0. The third-order valence-corrected chi connectivity index (χ3v) is 2.73. The Hall–Kier alpha value is -1.77. The third-order valence-electron chi connectivity index (χ3n) is 2.73. The molecule has 19 heavy (non-hydrogen) atoms. The molecule has 0 rings (SSSR count). The van der Waals surface area contributed by atoms with Gasteiger partial charge in [0, 0.05) is 12.6 Å². The fourth-order valence-corrected chi connectivity index (χ4v) is 1.62. The zero-order valence-electron chi connectivity index (χ0n) is 12.2. The van der Waals surface area contributed by atoms with Gasteiger partial charge in [0.2, 0.25) is 0 Å². The molecule has 0 aliphatic rings. The summed E-state index contributed by atoms with van der Waals surface area (Å²) in [5, 5.41) is 20.3. The van der Waals surface area contributed by atoms with Crippen molar-refractivity contribution in [3.05, 3.63) is 0 Å². The highest BCUT2D eigenvalue weighted by atomic mass is 16.4. The van der Waals surface area contributed by atoms with Gasteiger partial charge in [-0.3, -0.25) is 0 Å². The number of carbonyl (C=O) groups excluding carboxylic acids is 1. The summed E-state index contributed by atoms with van der Waals surface area (Å²) in [5.74, 6) is -1.06. The Bertz CT molecular complexity index is 366. The van der Waals surface area contributed by atoms with Crippen LogP contribution in [0.25, 0.3) is 0 Å². The first kappa shape index (κ1) is 17.2. The molecule has 2 N–H and O–H groups in total. The average Bonchev–Trinajstić information content (AvgIpc) is 2.23. The molecule has 0 aromatic carbocycles. The molecule has 0 heterocycles. The molecule has 0 saturated carbocycles. The van der Waals surface area contributed by atoms with Crippen LogP contribution in [0.2, 0.25) is 0 Å². The molecule has 0 fully saturated rings. The van der Waals surface area contributed by atoms with Crippen LogP contribution in [0.5, 0.6) is 0 Å². The number of amides is 2. The Kier molecular flexibility index (Phi) is 6.33. The van der Waals surface area contributed by atoms with Gasteiger partial charge in [0.05, 0.1) is 12.5 Å². The lowest BCUT2D eigenvalue weighted by Crippen LogP contribution is -2.54. The molecular formula is C13H23N3O3. The Morgan fingerprint density at radius 3 is 2.21 bits per heavy atom. The molecular weight excluding hydrogens is 246 g/mol. The molecule has 1 atom stereocenters. The normalized spacial score (nSPS) is 12.7. The fraction of sp³-hybridized carbons (Fsp3) is 0.769. The maximum Gasteiger partial charge on any atom is 0.326 e. The van der Waals surface area contributed by atoms with E-state index in [9.17, 15) is 9.59 Å². The van der Waals surface area contributed by atoms with Crippen molar-refractivity contribution in [3.8, 4) is 6.07 Å². The van der Waals surface area contributed by atoms with Gasteiger partial charge in [-0.25, -0.2) is 9.59 Å². The first-order chi connectivity index (χ1) is 8.61. The van der Waals surface area contributed by atoms with Crippen LogP contribution >= 0.6 is 0 Å². The van der Waals surface area contributed by atoms with Crippen molar-refractivity contribution in [2.24, 2.45) is 5.41 Å². The number of aliphatic carboxylic acids is 1. The molecule has 0 saturated heterocycles. The van der Waals surface area contributed by atoms with Crippen LogP contribution in [0, 0.1) is 16.7 Å². The van der Waals surface area contributed by atoms with Gasteiger partial charge in [-0.15, -0.1) is 0 Å². The second-order valence-electron chi connectivity index (χ2n) is 5.78. The van der Waals surface area contributed by atoms with Gasteiger partial charge in [-0.2, -0.15) is 5.26 Å². The Labute approximate surface area is 114 Å². The quantitative estimate of drug-likeness (QED) is 0.796. The van der Waals surface area contributed by atoms with Crippen molar-refractivity contribution in [1.82, 2.24) is 10.2 Å². The standard InChI is InChI=1S/C13H23N3O3/c1-9(2)16(8-6-7-14)12(19)15-10(11(17)18)13(3,4)5/h9-10H,6,8H2,1-5H3,(H,15,19)(H,17,18)/t10-/m1/s1. The number of urea groups is 1. The number of nitrogens with zero attached hydrogens (tertiary/aromatic N) is 2. The SMILES string of the molecule is CC(C)N(CCC#N)C(=O)N[C@H](C(=O)O)C(C)(C)C. The highest BCUT2D eigenvalue weighted by molar-refractivity contribution is 5.83. The van der Waals surface area contributed by atoms with Crippen molar-refractivity contribution in [3.63, 3.8) is 0 Å². The Morgan fingerprint density at radius 1 is 1.37 bits per heavy atom. The fourth-order valence-electron chi connectivity index (χ4n) is 1.62. The number of carboxylic acids is 1. The first-order valence-electron chi connectivity index (χ1n) is 6.28. The summed E-state index contributed by atoms with van der Waals surface area (Å²) in [6, 6.07) is 0.461. The predicted octanol–water partition coefficient (Wildman–Crippen LogP) is 1.82. The van der Waals surface area contributed by atoms with Gasteiger partial charge in [0.1, 0.15) is 6.04 Å². The van der Waals surface area contributed by atoms with Crippen LogP contribution < -0.4 is 5.32 Å². The van der Waals surface area contributed by atoms with E-state index < -0.39 is 23.5 Å². The number of nitrogens with one attached hydrogen (secondary N) is 1. The monoisotopic (exact) mass is 269 g/mol. The van der Waals surface area contributed by atoms with Crippen molar-refractivity contribution in [1.29, 1.82) is 5.26 Å². The van der Waals surface area contributed by atoms with Crippen molar-refractivity contribution < 1.29 is 14.7 Å². The highest BCUT2D eigenvalue weighted by Crippen LogP contribution is 2.19.